The van der Waals surface area contributed by atoms with Gasteiger partial charge >= 0.3 is 6.09 Å². The van der Waals surface area contributed by atoms with Crippen molar-refractivity contribution >= 4 is 40.5 Å². The fourth-order valence-electron chi connectivity index (χ4n) is 3.68. The van der Waals surface area contributed by atoms with Crippen molar-refractivity contribution in [3.63, 3.8) is 0 Å². The summed E-state index contributed by atoms with van der Waals surface area (Å²) in [7, 11) is 4.40. The van der Waals surface area contributed by atoms with Crippen molar-refractivity contribution < 1.29 is 28.7 Å². The van der Waals surface area contributed by atoms with E-state index in [4.69, 9.17) is 4.74 Å². The molecule has 0 saturated heterocycles. The number of amides is 3. The molecular formula is C28H28N8O6. The van der Waals surface area contributed by atoms with Gasteiger partial charge in [-0.3, -0.25) is 19.4 Å². The number of methoxy groups -OCH3 is 1. The van der Waals surface area contributed by atoms with Crippen LogP contribution in [0.5, 0.6) is 11.6 Å². The van der Waals surface area contributed by atoms with Gasteiger partial charge in [0.25, 0.3) is 0 Å². The van der Waals surface area contributed by atoms with Crippen LogP contribution in [0.15, 0.2) is 67.1 Å². The smallest absolute Gasteiger partial charge is 0.407 e. The third kappa shape index (κ3) is 7.29. The molecule has 3 amide bonds. The molecular weight excluding hydrogens is 544 g/mol. The number of aromatic nitrogens is 5. The van der Waals surface area contributed by atoms with Crippen LogP contribution in [0.4, 0.5) is 10.5 Å². The van der Waals surface area contributed by atoms with E-state index in [0.717, 1.165) is 0 Å². The number of fused-ring (bicyclic) bond motifs is 1. The van der Waals surface area contributed by atoms with Gasteiger partial charge in [0.2, 0.25) is 23.5 Å². The molecule has 0 spiro atoms. The largest absolute Gasteiger partial charge is 0.453 e. The van der Waals surface area contributed by atoms with E-state index in [1.54, 1.807) is 50.5 Å². The normalized spacial score (nSPS) is 11.6. The summed E-state index contributed by atoms with van der Waals surface area (Å²) >= 11 is 0. The minimum atomic E-state index is -1.04. The number of allylic oxidation sites excluding steroid dienone is 1. The van der Waals surface area contributed by atoms with Crippen molar-refractivity contribution in [1.29, 1.82) is 0 Å². The number of para-hydroxylation sites is 1. The number of nitrogens with zero attached hydrogens (tertiary/aromatic N) is 5. The standard InChI is InChI=1S/C28H28N8O6/c1-36(2)20(37)14-8-7-12-19(33-28(40)41-3)26(39)32-18-13-9-15-29-21(18)23(38)25-34-22-24(35-25)30-16-31-27(22)42-17-10-5-4-6-11-17/h4-6,8-11,13-16,19H,7,12H2,1-3H3,(H,32,39)(H,33,40)(H,30,31,34,35)/b14-8+/t19-/m0/s1. The highest BCUT2D eigenvalue weighted by Crippen LogP contribution is 2.26. The number of aromatic amines is 1. The maximum absolute atomic E-state index is 13.5. The molecule has 1 aromatic carbocycles. The number of benzene rings is 1. The molecule has 0 aliphatic heterocycles. The summed E-state index contributed by atoms with van der Waals surface area (Å²) in [6.45, 7) is 0. The molecule has 0 fully saturated rings. The summed E-state index contributed by atoms with van der Waals surface area (Å²) in [4.78, 5) is 71.3. The lowest BCUT2D eigenvalue weighted by Crippen LogP contribution is -2.43. The summed E-state index contributed by atoms with van der Waals surface area (Å²) in [5.41, 5.74) is 0.491. The van der Waals surface area contributed by atoms with Crippen molar-refractivity contribution in [3.05, 3.63) is 78.7 Å². The minimum absolute atomic E-state index is 0.0924. The van der Waals surface area contributed by atoms with Crippen LogP contribution in [0.25, 0.3) is 11.2 Å². The van der Waals surface area contributed by atoms with Crippen LogP contribution >= 0.6 is 0 Å². The highest BCUT2D eigenvalue weighted by Gasteiger charge is 2.25. The zero-order valence-electron chi connectivity index (χ0n) is 23.0. The fraction of sp³-hybridized carbons (Fsp3) is 0.214. The first-order chi connectivity index (χ1) is 20.3. The van der Waals surface area contributed by atoms with Gasteiger partial charge in [-0.1, -0.05) is 24.3 Å². The average molecular weight is 573 g/mol. The Balaban J connectivity index is 1.54. The van der Waals surface area contributed by atoms with Gasteiger partial charge in [-0.25, -0.2) is 14.8 Å². The van der Waals surface area contributed by atoms with Gasteiger partial charge < -0.3 is 30.0 Å². The molecule has 3 N–H and O–H groups in total. The van der Waals surface area contributed by atoms with E-state index in [1.165, 1.54) is 36.7 Å². The van der Waals surface area contributed by atoms with E-state index in [2.05, 4.69) is 40.3 Å². The molecule has 0 aliphatic rings. The number of nitrogens with one attached hydrogen (secondary N) is 3. The summed E-state index contributed by atoms with van der Waals surface area (Å²) in [5.74, 6) is -0.862. The Kier molecular flexibility index (Phi) is 9.50. The van der Waals surface area contributed by atoms with Crippen LogP contribution in [0, 0.1) is 0 Å². The van der Waals surface area contributed by atoms with Gasteiger partial charge in [0, 0.05) is 20.3 Å². The predicted octanol–water partition coefficient (Wildman–Crippen LogP) is 2.86. The highest BCUT2D eigenvalue weighted by molar-refractivity contribution is 6.12. The van der Waals surface area contributed by atoms with Crippen molar-refractivity contribution in [2.45, 2.75) is 18.9 Å². The first-order valence-electron chi connectivity index (χ1n) is 12.7. The molecule has 0 aliphatic carbocycles. The summed E-state index contributed by atoms with van der Waals surface area (Å²) in [5, 5.41) is 5.12. The first kappa shape index (κ1) is 29.3. The van der Waals surface area contributed by atoms with Crippen molar-refractivity contribution in [3.8, 4) is 11.6 Å². The zero-order valence-corrected chi connectivity index (χ0v) is 23.0. The number of hydrogen-bond donors (Lipinski definition) is 3. The Morgan fingerprint density at radius 1 is 1.05 bits per heavy atom. The molecule has 42 heavy (non-hydrogen) atoms. The minimum Gasteiger partial charge on any atom is -0.453 e. The Morgan fingerprint density at radius 3 is 2.57 bits per heavy atom. The molecule has 0 saturated carbocycles. The quantitative estimate of drug-likeness (QED) is 0.179. The van der Waals surface area contributed by atoms with E-state index >= 15 is 0 Å². The van der Waals surface area contributed by atoms with Gasteiger partial charge in [0.15, 0.2) is 11.5 Å². The van der Waals surface area contributed by atoms with Gasteiger partial charge in [-0.05, 0) is 43.2 Å². The molecule has 0 bridgehead atoms. The van der Waals surface area contributed by atoms with Crippen molar-refractivity contribution in [2.75, 3.05) is 26.5 Å². The number of carbonyl (C=O) groups excluding carboxylic acids is 4. The van der Waals surface area contributed by atoms with E-state index in [0.29, 0.717) is 17.7 Å². The molecule has 14 nitrogen and oxygen atoms in total. The molecule has 3 aromatic heterocycles. The lowest BCUT2D eigenvalue weighted by Gasteiger charge is -2.18. The van der Waals surface area contributed by atoms with Crippen LogP contribution < -0.4 is 15.4 Å². The van der Waals surface area contributed by atoms with Crippen LogP contribution in [-0.2, 0) is 14.3 Å². The molecule has 216 valence electrons. The van der Waals surface area contributed by atoms with Gasteiger partial charge in [0.1, 0.15) is 29.3 Å². The van der Waals surface area contributed by atoms with Crippen LogP contribution in [0.2, 0.25) is 0 Å². The zero-order chi connectivity index (χ0) is 30.1. The van der Waals surface area contributed by atoms with Crippen molar-refractivity contribution in [1.82, 2.24) is 35.1 Å². The number of likely N-dealkylation sites (N-methyl/N-ethyl adjacent to an activating group) is 1. The number of carbonyl (C=O) groups is 4. The maximum atomic E-state index is 13.5. The first-order valence-corrected chi connectivity index (χ1v) is 12.7. The average Bonchev–Trinajstić information content (AvgIpc) is 3.44. The van der Waals surface area contributed by atoms with E-state index < -0.39 is 23.8 Å². The highest BCUT2D eigenvalue weighted by atomic mass is 16.5. The maximum Gasteiger partial charge on any atom is 0.407 e. The predicted molar refractivity (Wildman–Crippen MR) is 151 cm³/mol. The molecule has 4 rings (SSSR count). The molecule has 0 unspecified atom stereocenters. The second kappa shape index (κ2) is 13.6. The Bertz CT molecular complexity index is 1620. The Labute approximate surface area is 240 Å². The van der Waals surface area contributed by atoms with Gasteiger partial charge in [0.05, 0.1) is 12.8 Å². The summed E-state index contributed by atoms with van der Waals surface area (Å²) in [6.07, 6.45) is 5.26. The topological polar surface area (TPSA) is 181 Å². The second-order valence-electron chi connectivity index (χ2n) is 9.00. The van der Waals surface area contributed by atoms with Crippen LogP contribution in [0.3, 0.4) is 0 Å². The molecule has 0 radical (unpaired) electrons. The summed E-state index contributed by atoms with van der Waals surface area (Å²) in [6, 6.07) is 11.0. The number of H-pyrrole nitrogens is 1. The molecule has 1 atom stereocenters. The number of rotatable bonds is 11. The number of pyridine rings is 1. The number of imidazole rings is 1. The van der Waals surface area contributed by atoms with Crippen molar-refractivity contribution in [2.24, 2.45) is 0 Å². The van der Waals surface area contributed by atoms with E-state index in [-0.39, 0.29) is 41.1 Å². The third-order valence-corrected chi connectivity index (χ3v) is 5.82. The van der Waals surface area contributed by atoms with E-state index in [1.807, 2.05) is 6.07 Å². The number of hydrogen-bond acceptors (Lipinski definition) is 10. The number of anilines is 1. The van der Waals surface area contributed by atoms with Crippen LogP contribution in [0.1, 0.15) is 29.2 Å². The number of alkyl carbamates (subject to hydrolysis) is 1. The molecule has 14 heteroatoms. The molecule has 3 heterocycles. The Morgan fingerprint density at radius 2 is 1.83 bits per heavy atom. The molecule has 4 aromatic rings. The Hall–Kier alpha value is -5.66. The van der Waals surface area contributed by atoms with Gasteiger partial charge in [-0.2, -0.15) is 4.98 Å². The van der Waals surface area contributed by atoms with Gasteiger partial charge in [-0.15, -0.1) is 0 Å². The number of ketones is 1. The third-order valence-electron chi connectivity index (χ3n) is 5.82. The fourth-order valence-corrected chi connectivity index (χ4v) is 3.68. The lowest BCUT2D eigenvalue weighted by atomic mass is 10.1. The van der Waals surface area contributed by atoms with E-state index in [9.17, 15) is 19.2 Å². The SMILES string of the molecule is COC(=O)N[C@@H](CC/C=C/C(=O)N(C)C)C(=O)Nc1cccnc1C(=O)c1nc2ncnc(Oc3ccccc3)c2[nH]1. The van der Waals surface area contributed by atoms with Crippen LogP contribution in [-0.4, -0.2) is 80.8 Å². The summed E-state index contributed by atoms with van der Waals surface area (Å²) < 4.78 is 10.5. The lowest BCUT2D eigenvalue weighted by molar-refractivity contribution is -0.123. The second-order valence-corrected chi connectivity index (χ2v) is 9.00. The number of ether oxygens (including phenoxy) is 2. The monoisotopic (exact) mass is 572 g/mol.